The van der Waals surface area contributed by atoms with E-state index in [4.69, 9.17) is 15.6 Å². The lowest BCUT2D eigenvalue weighted by Gasteiger charge is -2.24. The van der Waals surface area contributed by atoms with Crippen molar-refractivity contribution < 1.29 is 27.9 Å². The van der Waals surface area contributed by atoms with Crippen molar-refractivity contribution in [1.29, 1.82) is 0 Å². The van der Waals surface area contributed by atoms with Crippen LogP contribution in [-0.4, -0.2) is 54.7 Å². The topological polar surface area (TPSA) is 148 Å². The van der Waals surface area contributed by atoms with E-state index in [-0.39, 0.29) is 16.4 Å². The molecule has 0 aliphatic carbocycles. The van der Waals surface area contributed by atoms with Gasteiger partial charge in [-0.05, 0) is 32.9 Å². The summed E-state index contributed by atoms with van der Waals surface area (Å²) < 4.78 is 29.9. The van der Waals surface area contributed by atoms with Crippen molar-refractivity contribution in [3.05, 3.63) is 30.3 Å². The summed E-state index contributed by atoms with van der Waals surface area (Å²) in [6.07, 6.45) is 0. The summed E-state index contributed by atoms with van der Waals surface area (Å²) in [4.78, 5) is 25.3. The fourth-order valence-corrected chi connectivity index (χ4v) is 4.85. The first kappa shape index (κ1) is 24.7. The largest absolute Gasteiger partial charge is 0.480 e. The first-order valence-electron chi connectivity index (χ1n) is 8.20. The fourth-order valence-electron chi connectivity index (χ4n) is 1.66. The van der Waals surface area contributed by atoms with Gasteiger partial charge < -0.3 is 15.6 Å². The maximum absolute atomic E-state index is 12.4. The first-order chi connectivity index (χ1) is 12.9. The highest BCUT2D eigenvalue weighted by Crippen LogP contribution is 2.23. The normalized spacial score (nSPS) is 14.3. The number of carbonyl (C=O) groups is 2. The summed E-state index contributed by atoms with van der Waals surface area (Å²) in [5, 5.41) is 8.78. The average molecular weight is 452 g/mol. The third-order valence-electron chi connectivity index (χ3n) is 3.00. The lowest BCUT2D eigenvalue weighted by atomic mass is 10.2. The lowest BCUT2D eigenvalue weighted by Crippen LogP contribution is -2.51. The van der Waals surface area contributed by atoms with Crippen LogP contribution in [0, 0.1) is 0 Å². The number of aliphatic carboxylic acids is 1. The molecule has 0 spiro atoms. The second-order valence-electron chi connectivity index (χ2n) is 6.66. The number of rotatable bonds is 11. The molecule has 2 atom stereocenters. The van der Waals surface area contributed by atoms with E-state index in [9.17, 15) is 18.0 Å². The number of hydrogen-bond donors (Lipinski definition) is 4. The van der Waals surface area contributed by atoms with E-state index in [1.54, 1.807) is 39.0 Å². The number of sulfonamides is 1. The molecule has 0 aromatic heterocycles. The Kier molecular flexibility index (Phi) is 9.74. The Bertz CT molecular complexity index is 753. The van der Waals surface area contributed by atoms with Gasteiger partial charge in [0.2, 0.25) is 0 Å². The number of carboxylic acid groups (broad SMARTS) is 1. The molecule has 12 heteroatoms. The third kappa shape index (κ3) is 9.26. The number of benzene rings is 1. The standard InChI is InChI=1S/C16H25N3O6S3/c1-16(2,3)25-15(22)13(10-27-26-9-12(17)14(20)21)18-19-28(23,24)11-7-5-4-6-8-11/h4-8,12-13,18-19H,9-10,17H2,1-3H3,(H,20,21)/t12-,13-/m0/s1. The highest BCUT2D eigenvalue weighted by Gasteiger charge is 2.27. The molecule has 1 aromatic carbocycles. The van der Waals surface area contributed by atoms with Gasteiger partial charge in [-0.15, -0.1) is 4.83 Å². The molecule has 9 nitrogen and oxygen atoms in total. The maximum Gasteiger partial charge on any atom is 0.325 e. The van der Waals surface area contributed by atoms with Gasteiger partial charge in [-0.25, -0.2) is 13.8 Å². The van der Waals surface area contributed by atoms with Gasteiger partial charge in [0.1, 0.15) is 17.7 Å². The van der Waals surface area contributed by atoms with Gasteiger partial charge in [0.15, 0.2) is 0 Å². The van der Waals surface area contributed by atoms with E-state index < -0.39 is 39.6 Å². The van der Waals surface area contributed by atoms with Gasteiger partial charge in [-0.3, -0.25) is 9.59 Å². The maximum atomic E-state index is 12.4. The SMILES string of the molecule is CC(C)(C)OC(=O)[C@H](CSSC[C@H](N)C(=O)O)NNS(=O)(=O)c1ccccc1. The third-order valence-corrected chi connectivity index (χ3v) is 6.72. The molecule has 0 radical (unpaired) electrons. The van der Waals surface area contributed by atoms with Crippen LogP contribution in [0.3, 0.4) is 0 Å². The van der Waals surface area contributed by atoms with Gasteiger partial charge in [-0.2, -0.15) is 0 Å². The Hall–Kier alpha value is -1.31. The number of hydrogen-bond acceptors (Lipinski definition) is 9. The number of carbonyl (C=O) groups excluding carboxylic acids is 1. The molecule has 0 heterocycles. The molecule has 0 amide bonds. The highest BCUT2D eigenvalue weighted by atomic mass is 33.1. The zero-order valence-corrected chi connectivity index (χ0v) is 18.2. The van der Waals surface area contributed by atoms with Gasteiger partial charge in [0.05, 0.1) is 4.90 Å². The summed E-state index contributed by atoms with van der Waals surface area (Å²) >= 11 is 0. The molecule has 0 unspecified atom stereocenters. The zero-order chi connectivity index (χ0) is 21.4. The second-order valence-corrected chi connectivity index (χ2v) is 10.9. The van der Waals surface area contributed by atoms with Crippen molar-refractivity contribution in [3.63, 3.8) is 0 Å². The zero-order valence-electron chi connectivity index (χ0n) is 15.7. The lowest BCUT2D eigenvalue weighted by molar-refractivity contribution is -0.156. The van der Waals surface area contributed by atoms with Crippen LogP contribution in [-0.2, 0) is 24.3 Å². The van der Waals surface area contributed by atoms with Crippen LogP contribution in [0.25, 0.3) is 0 Å². The summed E-state index contributed by atoms with van der Waals surface area (Å²) in [7, 11) is -1.52. The van der Waals surface area contributed by atoms with E-state index in [1.165, 1.54) is 33.7 Å². The fraction of sp³-hybridized carbons (Fsp3) is 0.500. The Morgan fingerprint density at radius 2 is 1.75 bits per heavy atom. The van der Waals surface area contributed by atoms with Crippen LogP contribution < -0.4 is 16.0 Å². The number of nitrogens with one attached hydrogen (secondary N) is 2. The van der Waals surface area contributed by atoms with Crippen molar-refractivity contribution in [2.75, 3.05) is 11.5 Å². The number of ether oxygens (including phenoxy) is 1. The number of nitrogens with two attached hydrogens (primary N) is 1. The van der Waals surface area contributed by atoms with E-state index in [2.05, 4.69) is 10.3 Å². The van der Waals surface area contributed by atoms with E-state index >= 15 is 0 Å². The van der Waals surface area contributed by atoms with E-state index in [0.29, 0.717) is 0 Å². The van der Waals surface area contributed by atoms with Crippen LogP contribution in [0.1, 0.15) is 20.8 Å². The minimum atomic E-state index is -3.87. The summed E-state index contributed by atoms with van der Waals surface area (Å²) in [6.45, 7) is 5.09. The molecule has 0 aliphatic rings. The van der Waals surface area contributed by atoms with Crippen molar-refractivity contribution in [2.45, 2.75) is 43.4 Å². The Morgan fingerprint density at radius 1 is 1.18 bits per heavy atom. The van der Waals surface area contributed by atoms with Gasteiger partial charge in [-0.1, -0.05) is 39.8 Å². The minimum Gasteiger partial charge on any atom is -0.480 e. The molecule has 1 rings (SSSR count). The smallest absolute Gasteiger partial charge is 0.325 e. The molecule has 1 aromatic rings. The first-order valence-corrected chi connectivity index (χ1v) is 12.2. The second kappa shape index (κ2) is 11.0. The van der Waals surface area contributed by atoms with Crippen LogP contribution in [0.15, 0.2) is 35.2 Å². The average Bonchev–Trinajstić information content (AvgIpc) is 2.59. The predicted molar refractivity (Wildman–Crippen MR) is 110 cm³/mol. The van der Waals surface area contributed by atoms with Crippen LogP contribution >= 0.6 is 21.6 Å². The Balaban J connectivity index is 2.72. The quantitative estimate of drug-likeness (QED) is 0.166. The molecule has 28 heavy (non-hydrogen) atoms. The molecular formula is C16H25N3O6S3. The molecule has 5 N–H and O–H groups in total. The Morgan fingerprint density at radius 3 is 2.29 bits per heavy atom. The van der Waals surface area contributed by atoms with E-state index in [0.717, 1.165) is 0 Å². The molecule has 0 bridgehead atoms. The van der Waals surface area contributed by atoms with E-state index in [1.807, 2.05) is 0 Å². The monoisotopic (exact) mass is 451 g/mol. The Labute approximate surface area is 172 Å². The van der Waals surface area contributed by atoms with Crippen molar-refractivity contribution >= 4 is 43.5 Å². The number of carboxylic acids is 1. The summed E-state index contributed by atoms with van der Waals surface area (Å²) in [6, 6.07) is 5.68. The highest BCUT2D eigenvalue weighted by molar-refractivity contribution is 8.76. The molecular weight excluding hydrogens is 426 g/mol. The van der Waals surface area contributed by atoms with Crippen LogP contribution in [0.5, 0.6) is 0 Å². The summed E-state index contributed by atoms with van der Waals surface area (Å²) in [5.41, 5.74) is 7.17. The van der Waals surface area contributed by atoms with Gasteiger partial charge >= 0.3 is 11.9 Å². The van der Waals surface area contributed by atoms with Gasteiger partial charge in [0.25, 0.3) is 10.0 Å². The van der Waals surface area contributed by atoms with Crippen LogP contribution in [0.2, 0.25) is 0 Å². The predicted octanol–water partition coefficient (Wildman–Crippen LogP) is 0.973. The van der Waals surface area contributed by atoms with Crippen molar-refractivity contribution in [2.24, 2.45) is 5.73 Å². The number of hydrazine groups is 1. The molecule has 0 aliphatic heterocycles. The minimum absolute atomic E-state index is 0.0416. The van der Waals surface area contributed by atoms with Crippen molar-refractivity contribution in [3.8, 4) is 0 Å². The van der Waals surface area contributed by atoms with Crippen molar-refractivity contribution in [1.82, 2.24) is 10.3 Å². The summed E-state index contributed by atoms with van der Waals surface area (Å²) in [5.74, 6) is -1.50. The molecule has 158 valence electrons. The molecule has 0 saturated heterocycles. The molecule has 0 fully saturated rings. The molecule has 0 saturated carbocycles. The van der Waals surface area contributed by atoms with Crippen LogP contribution in [0.4, 0.5) is 0 Å². The van der Waals surface area contributed by atoms with Gasteiger partial charge in [0, 0.05) is 11.5 Å². The number of esters is 1.